The standard InChI is InChI=1S/C12H17N.CH3.2O.Re/c1-8(2)10-6-5-7-11(9(3)4)12(10)13;;;;/h5-9H,1-4H3;1H3;;;/q;-1;;;. The van der Waals surface area contributed by atoms with Crippen LogP contribution in [0.1, 0.15) is 50.7 Å². The smallest absolute Gasteiger partial charge is 0.358 e. The zero-order valence-electron chi connectivity index (χ0n) is 11.0. The van der Waals surface area contributed by atoms with Crippen LogP contribution < -0.4 is 0 Å². The van der Waals surface area contributed by atoms with Gasteiger partial charge in [0.1, 0.15) is 0 Å². The van der Waals surface area contributed by atoms with Crippen LogP contribution in [0.5, 0.6) is 0 Å². The molecule has 0 unspecified atom stereocenters. The average molecular weight is 409 g/mol. The molecule has 0 N–H and O–H groups in total. The van der Waals surface area contributed by atoms with Crippen molar-refractivity contribution in [3.05, 3.63) is 36.8 Å². The van der Waals surface area contributed by atoms with Crippen molar-refractivity contribution < 1.29 is 23.4 Å². The quantitative estimate of drug-likeness (QED) is 0.691. The van der Waals surface area contributed by atoms with E-state index in [0.717, 1.165) is 11.1 Å². The summed E-state index contributed by atoms with van der Waals surface area (Å²) in [7, 11) is 0. The van der Waals surface area contributed by atoms with Gasteiger partial charge in [0, 0.05) is 0 Å². The van der Waals surface area contributed by atoms with Crippen LogP contribution in [-0.4, -0.2) is 0 Å². The van der Waals surface area contributed by atoms with Gasteiger partial charge in [0.25, 0.3) is 0 Å². The summed E-state index contributed by atoms with van der Waals surface area (Å²) >= 11 is -3.83. The van der Waals surface area contributed by atoms with E-state index in [-0.39, 0.29) is 13.3 Å². The van der Waals surface area contributed by atoms with Gasteiger partial charge < -0.3 is 7.43 Å². The molecule has 3 nitrogen and oxygen atoms in total. The van der Waals surface area contributed by atoms with Crippen LogP contribution in [0.3, 0.4) is 0 Å². The fourth-order valence-electron chi connectivity index (χ4n) is 1.68. The molecule has 97 valence electrons. The second-order valence-electron chi connectivity index (χ2n) is 4.38. The van der Waals surface area contributed by atoms with Crippen LogP contribution in [0, 0.1) is 7.43 Å². The van der Waals surface area contributed by atoms with Gasteiger partial charge in [-0.15, -0.1) is 0 Å². The molecule has 0 atom stereocenters. The molecule has 0 heterocycles. The second kappa shape index (κ2) is 6.88. The first kappa shape index (κ1) is 16.3. The van der Waals surface area contributed by atoms with Crippen molar-refractivity contribution in [1.29, 1.82) is 0 Å². The Labute approximate surface area is 109 Å². The van der Waals surface area contributed by atoms with Gasteiger partial charge in [-0.1, -0.05) is 0 Å². The predicted molar refractivity (Wildman–Crippen MR) is 64.5 cm³/mol. The summed E-state index contributed by atoms with van der Waals surface area (Å²) in [6.45, 7) is 8.21. The monoisotopic (exact) mass is 409 g/mol. The van der Waals surface area contributed by atoms with Gasteiger partial charge in [-0.25, -0.2) is 0 Å². The molecule has 17 heavy (non-hydrogen) atoms. The maximum atomic E-state index is 10.9. The molecular formula is C13H20NO2Re-. The second-order valence-corrected chi connectivity index (χ2v) is 6.43. The van der Waals surface area contributed by atoms with Crippen molar-refractivity contribution in [1.82, 2.24) is 0 Å². The van der Waals surface area contributed by atoms with Gasteiger partial charge in [0.15, 0.2) is 0 Å². The number of hydrogen-bond acceptors (Lipinski definition) is 3. The summed E-state index contributed by atoms with van der Waals surface area (Å²) in [5, 5.41) is 0. The first-order chi connectivity index (χ1) is 7.43. The number of rotatable bonds is 3. The van der Waals surface area contributed by atoms with Gasteiger partial charge in [-0.3, -0.25) is 0 Å². The number of nitrogens with zero attached hydrogens (tertiary/aromatic N) is 1. The first-order valence-corrected chi connectivity index (χ1v) is 8.76. The molecule has 1 aromatic carbocycles. The Morgan fingerprint density at radius 2 is 1.41 bits per heavy atom. The third-order valence-electron chi connectivity index (χ3n) is 2.50. The zero-order chi connectivity index (χ0) is 12.3. The van der Waals surface area contributed by atoms with E-state index in [1.165, 1.54) is 0 Å². The van der Waals surface area contributed by atoms with E-state index in [4.69, 9.17) is 0 Å². The van der Waals surface area contributed by atoms with E-state index in [0.29, 0.717) is 11.6 Å². The van der Waals surface area contributed by atoms with Crippen molar-refractivity contribution in [2.24, 2.45) is 3.57 Å². The van der Waals surface area contributed by atoms with Crippen molar-refractivity contribution in [2.45, 2.75) is 39.5 Å². The van der Waals surface area contributed by atoms with Gasteiger partial charge in [0.05, 0.1) is 0 Å². The number of hydrogen-bond donors (Lipinski definition) is 0. The topological polar surface area (TPSA) is 46.5 Å². The van der Waals surface area contributed by atoms with Gasteiger partial charge in [-0.2, -0.15) is 0 Å². The van der Waals surface area contributed by atoms with E-state index in [9.17, 15) is 6.94 Å². The summed E-state index contributed by atoms with van der Waals surface area (Å²) in [6, 6.07) is 5.89. The molecule has 4 heteroatoms. The molecule has 0 aliphatic rings. The summed E-state index contributed by atoms with van der Waals surface area (Å²) < 4.78 is 25.7. The molecular weight excluding hydrogens is 388 g/mol. The molecule has 0 fully saturated rings. The molecule has 1 aromatic rings. The third kappa shape index (κ3) is 4.22. The van der Waals surface area contributed by atoms with E-state index in [1.807, 2.05) is 18.2 Å². The van der Waals surface area contributed by atoms with E-state index in [1.54, 1.807) is 0 Å². The normalized spacial score (nSPS) is 10.2. The predicted octanol–water partition coefficient (Wildman–Crippen LogP) is 4.51. The minimum atomic E-state index is -3.83. The Balaban J connectivity index is 0.00000256. The Hall–Kier alpha value is -0.718. The van der Waals surface area contributed by atoms with Crippen LogP contribution in [0.25, 0.3) is 0 Å². The molecule has 0 radical (unpaired) electrons. The van der Waals surface area contributed by atoms with Gasteiger partial charge in [-0.05, 0) is 0 Å². The number of benzene rings is 1. The van der Waals surface area contributed by atoms with Crippen molar-refractivity contribution in [3.8, 4) is 0 Å². The molecule has 0 saturated carbocycles. The van der Waals surface area contributed by atoms with Crippen molar-refractivity contribution >= 4 is 5.69 Å². The Morgan fingerprint density at radius 3 is 1.71 bits per heavy atom. The van der Waals surface area contributed by atoms with Crippen molar-refractivity contribution in [2.75, 3.05) is 0 Å². The minimum absolute atomic E-state index is 0. The molecule has 0 amide bonds. The van der Waals surface area contributed by atoms with Crippen molar-refractivity contribution in [3.63, 3.8) is 0 Å². The van der Waals surface area contributed by atoms with Gasteiger partial charge >= 0.3 is 102 Å². The third-order valence-corrected chi connectivity index (χ3v) is 3.60. The summed E-state index contributed by atoms with van der Waals surface area (Å²) in [5.41, 5.74) is 2.72. The summed E-state index contributed by atoms with van der Waals surface area (Å²) in [6.07, 6.45) is 0. The largest absolute Gasteiger partial charge is 0.358 e. The molecule has 0 saturated heterocycles. The van der Waals surface area contributed by atoms with Crippen LogP contribution in [0.4, 0.5) is 5.69 Å². The molecule has 0 aliphatic heterocycles. The van der Waals surface area contributed by atoms with Crippen LogP contribution in [-0.2, 0) is 23.4 Å². The summed E-state index contributed by atoms with van der Waals surface area (Å²) in [4.78, 5) is 0. The SMILES string of the molecule is CC(C)c1cccc(C(C)C)c1[N]=[Re](=[O])=[O].[CH3-]. The van der Waals surface area contributed by atoms with Crippen LogP contribution >= 0.6 is 0 Å². The molecule has 0 bridgehead atoms. The Bertz CT molecular complexity index is 468. The first-order valence-electron chi connectivity index (χ1n) is 5.33. The fourth-order valence-corrected chi connectivity index (χ4v) is 2.88. The van der Waals surface area contributed by atoms with E-state index < -0.39 is 16.5 Å². The molecule has 1 rings (SSSR count). The van der Waals surface area contributed by atoms with E-state index >= 15 is 0 Å². The maximum Gasteiger partial charge on any atom is -0.358 e. The Kier molecular flexibility index (Phi) is 6.59. The maximum absolute atomic E-state index is 10.9. The zero-order valence-corrected chi connectivity index (χ0v) is 13.7. The summed E-state index contributed by atoms with van der Waals surface area (Å²) in [5.74, 6) is 0.580. The van der Waals surface area contributed by atoms with Crippen LogP contribution in [0.15, 0.2) is 21.8 Å². The molecule has 0 spiro atoms. The fraction of sp³-hybridized carbons (Fsp3) is 0.462. The Morgan fingerprint density at radius 1 is 1.00 bits per heavy atom. The molecule has 0 aromatic heterocycles. The van der Waals surface area contributed by atoms with E-state index in [2.05, 4.69) is 31.3 Å². The van der Waals surface area contributed by atoms with Crippen LogP contribution in [0.2, 0.25) is 0 Å². The minimum Gasteiger partial charge on any atom is -0.358 e. The average Bonchev–Trinajstić information content (AvgIpc) is 2.16. The molecule has 0 aliphatic carbocycles. The van der Waals surface area contributed by atoms with Gasteiger partial charge in [0.2, 0.25) is 0 Å².